The van der Waals surface area contributed by atoms with E-state index in [4.69, 9.17) is 10.5 Å². The number of amides is 3. The Balaban J connectivity index is 1.50. The molecule has 1 aromatic rings. The molecule has 0 radical (unpaired) electrons. The summed E-state index contributed by atoms with van der Waals surface area (Å²) in [5, 5.41) is 10.5. The van der Waals surface area contributed by atoms with Gasteiger partial charge in [-0.25, -0.2) is 14.3 Å². The third kappa shape index (κ3) is 5.16. The first-order valence-electron chi connectivity index (χ1n) is 12.3. The van der Waals surface area contributed by atoms with E-state index in [1.54, 1.807) is 23.2 Å². The standard InChI is InChI=1S/C25H37N5O5/c1-14(2)20-18(13-27-30(20)7-6-24(3,4)29-23(33)34-5)21(31)28-19-16-8-15-9-17(19)12-25(10-15,11-16)35-22(26)32/h6-7,13-17,19H,8-12H2,1-5H3,(H2,26,32)(H,28,31)(H,29,33)/b7-6+. The molecule has 4 aliphatic rings. The van der Waals surface area contributed by atoms with Gasteiger partial charge in [-0.1, -0.05) is 13.8 Å². The fraction of sp³-hybridized carbons (Fsp3) is 0.680. The molecule has 0 aromatic carbocycles. The highest BCUT2D eigenvalue weighted by Gasteiger charge is 2.57. The summed E-state index contributed by atoms with van der Waals surface area (Å²) in [6.07, 6.45) is 8.37. The van der Waals surface area contributed by atoms with Gasteiger partial charge in [-0.2, -0.15) is 5.10 Å². The summed E-state index contributed by atoms with van der Waals surface area (Å²) in [5.74, 6) is 0.966. The van der Waals surface area contributed by atoms with Crippen molar-refractivity contribution in [2.45, 2.75) is 82.9 Å². The van der Waals surface area contributed by atoms with Crippen molar-refractivity contribution in [3.8, 4) is 0 Å². The zero-order valence-electron chi connectivity index (χ0n) is 21.2. The highest BCUT2D eigenvalue weighted by molar-refractivity contribution is 5.95. The van der Waals surface area contributed by atoms with E-state index in [2.05, 4.69) is 20.5 Å². The van der Waals surface area contributed by atoms with Crippen LogP contribution >= 0.6 is 0 Å². The second-order valence-corrected chi connectivity index (χ2v) is 11.3. The summed E-state index contributed by atoms with van der Waals surface area (Å²) in [5.41, 5.74) is 5.57. The van der Waals surface area contributed by atoms with Crippen LogP contribution in [0, 0.1) is 17.8 Å². The Hall–Kier alpha value is -3.04. The molecule has 192 valence electrons. The van der Waals surface area contributed by atoms with Crippen LogP contribution in [0.2, 0.25) is 0 Å². The summed E-state index contributed by atoms with van der Waals surface area (Å²) in [6, 6.07) is 0.0470. The molecule has 0 spiro atoms. The van der Waals surface area contributed by atoms with Gasteiger partial charge in [-0.15, -0.1) is 0 Å². The van der Waals surface area contributed by atoms with Crippen LogP contribution in [0.4, 0.5) is 9.59 Å². The van der Waals surface area contributed by atoms with E-state index in [9.17, 15) is 14.4 Å². The number of methoxy groups -OCH3 is 1. The predicted molar refractivity (Wildman–Crippen MR) is 129 cm³/mol. The Bertz CT molecular complexity index is 1010. The molecular weight excluding hydrogens is 450 g/mol. The Morgan fingerprint density at radius 3 is 2.46 bits per heavy atom. The van der Waals surface area contributed by atoms with E-state index in [-0.39, 0.29) is 29.7 Å². The normalized spacial score (nSPS) is 29.4. The van der Waals surface area contributed by atoms with Crippen molar-refractivity contribution in [1.82, 2.24) is 20.4 Å². The summed E-state index contributed by atoms with van der Waals surface area (Å²) < 4.78 is 12.0. The Labute approximate surface area is 206 Å². The molecule has 4 aliphatic carbocycles. The minimum Gasteiger partial charge on any atom is -0.453 e. The van der Waals surface area contributed by atoms with Crippen LogP contribution < -0.4 is 16.4 Å². The monoisotopic (exact) mass is 487 g/mol. The van der Waals surface area contributed by atoms with Crippen molar-refractivity contribution in [3.05, 3.63) is 23.5 Å². The summed E-state index contributed by atoms with van der Waals surface area (Å²) in [6.45, 7) is 7.72. The van der Waals surface area contributed by atoms with Crippen LogP contribution in [0.25, 0.3) is 6.20 Å². The maximum atomic E-state index is 13.5. The number of alkyl carbamates (subject to hydrolysis) is 1. The number of ether oxygens (including phenoxy) is 2. The molecule has 1 heterocycles. The van der Waals surface area contributed by atoms with Gasteiger partial charge in [0, 0.05) is 12.2 Å². The van der Waals surface area contributed by atoms with Gasteiger partial charge in [0.1, 0.15) is 5.60 Å². The van der Waals surface area contributed by atoms with E-state index < -0.39 is 23.3 Å². The lowest BCUT2D eigenvalue weighted by atomic mass is 9.52. The van der Waals surface area contributed by atoms with E-state index in [0.717, 1.165) is 37.8 Å². The maximum Gasteiger partial charge on any atom is 0.407 e. The average Bonchev–Trinajstić information content (AvgIpc) is 3.17. The van der Waals surface area contributed by atoms with Crippen LogP contribution in [0.1, 0.15) is 81.8 Å². The third-order valence-corrected chi connectivity index (χ3v) is 7.70. The second-order valence-electron chi connectivity index (χ2n) is 11.3. The molecule has 0 aliphatic heterocycles. The van der Waals surface area contributed by atoms with Gasteiger partial charge in [0.05, 0.1) is 30.1 Å². The number of rotatable bonds is 7. The first kappa shape index (κ1) is 25.1. The minimum absolute atomic E-state index is 0.0466. The van der Waals surface area contributed by atoms with Crippen LogP contribution in [0.5, 0.6) is 0 Å². The largest absolute Gasteiger partial charge is 0.453 e. The lowest BCUT2D eigenvalue weighted by Crippen LogP contribution is -2.63. The van der Waals surface area contributed by atoms with Crippen molar-refractivity contribution >= 4 is 24.3 Å². The van der Waals surface area contributed by atoms with Gasteiger partial charge in [-0.3, -0.25) is 4.79 Å². The number of nitrogens with zero attached hydrogens (tertiary/aromatic N) is 2. The zero-order chi connectivity index (χ0) is 25.5. The highest BCUT2D eigenvalue weighted by Crippen LogP contribution is 2.57. The van der Waals surface area contributed by atoms with Crippen LogP contribution in [-0.2, 0) is 9.47 Å². The second kappa shape index (κ2) is 9.20. The van der Waals surface area contributed by atoms with E-state index in [0.29, 0.717) is 11.5 Å². The van der Waals surface area contributed by atoms with Gasteiger partial charge in [0.25, 0.3) is 5.91 Å². The number of carbonyl (C=O) groups is 3. The molecule has 10 heteroatoms. The molecular formula is C25H37N5O5. The van der Waals surface area contributed by atoms with E-state index >= 15 is 0 Å². The molecule has 2 atom stereocenters. The SMILES string of the molecule is COC(=O)NC(C)(C)/C=C/n1ncc(C(=O)NC2C3CC4CC2CC(OC(N)=O)(C4)C3)c1C(C)C. The molecule has 5 rings (SSSR count). The molecule has 4 saturated carbocycles. The van der Waals surface area contributed by atoms with Gasteiger partial charge >= 0.3 is 12.2 Å². The summed E-state index contributed by atoms with van der Waals surface area (Å²) in [7, 11) is 1.32. The molecule has 4 fully saturated rings. The molecule has 4 bridgehead atoms. The number of hydrogen-bond donors (Lipinski definition) is 3. The Kier molecular flexibility index (Phi) is 6.59. The summed E-state index contributed by atoms with van der Waals surface area (Å²) in [4.78, 5) is 36.6. The maximum absolute atomic E-state index is 13.5. The van der Waals surface area contributed by atoms with Crippen molar-refractivity contribution in [1.29, 1.82) is 0 Å². The first-order valence-corrected chi connectivity index (χ1v) is 12.3. The summed E-state index contributed by atoms with van der Waals surface area (Å²) >= 11 is 0. The van der Waals surface area contributed by atoms with Crippen molar-refractivity contribution < 1.29 is 23.9 Å². The van der Waals surface area contributed by atoms with Gasteiger partial charge in [0.15, 0.2) is 0 Å². The van der Waals surface area contributed by atoms with Crippen molar-refractivity contribution in [3.63, 3.8) is 0 Å². The van der Waals surface area contributed by atoms with Gasteiger partial charge in [-0.05, 0) is 75.7 Å². The van der Waals surface area contributed by atoms with Gasteiger partial charge in [0.2, 0.25) is 0 Å². The number of hydrogen-bond acceptors (Lipinski definition) is 6. The number of nitrogens with one attached hydrogen (secondary N) is 2. The lowest BCUT2D eigenvalue weighted by Gasteiger charge is -2.58. The minimum atomic E-state index is -0.709. The van der Waals surface area contributed by atoms with Crippen molar-refractivity contribution in [2.75, 3.05) is 7.11 Å². The fourth-order valence-electron chi connectivity index (χ4n) is 6.61. The Morgan fingerprint density at radius 1 is 1.23 bits per heavy atom. The Morgan fingerprint density at radius 2 is 1.89 bits per heavy atom. The van der Waals surface area contributed by atoms with E-state index in [1.165, 1.54) is 7.11 Å². The number of primary amides is 1. The molecule has 35 heavy (non-hydrogen) atoms. The van der Waals surface area contributed by atoms with Crippen LogP contribution in [-0.4, -0.2) is 52.2 Å². The molecule has 3 amide bonds. The molecule has 1 aromatic heterocycles. The molecule has 4 N–H and O–H groups in total. The van der Waals surface area contributed by atoms with Crippen molar-refractivity contribution in [2.24, 2.45) is 23.5 Å². The van der Waals surface area contributed by atoms with Crippen LogP contribution in [0.15, 0.2) is 12.3 Å². The quantitative estimate of drug-likeness (QED) is 0.539. The smallest absolute Gasteiger partial charge is 0.407 e. The van der Waals surface area contributed by atoms with Gasteiger partial charge < -0.3 is 25.8 Å². The first-order chi connectivity index (χ1) is 16.4. The zero-order valence-corrected chi connectivity index (χ0v) is 21.2. The number of carbonyl (C=O) groups excluding carboxylic acids is 3. The third-order valence-electron chi connectivity index (χ3n) is 7.70. The van der Waals surface area contributed by atoms with E-state index in [1.807, 2.05) is 27.7 Å². The average molecular weight is 488 g/mol. The predicted octanol–water partition coefficient (Wildman–Crippen LogP) is 3.38. The number of aromatic nitrogens is 2. The fourth-order valence-corrected chi connectivity index (χ4v) is 6.61. The van der Waals surface area contributed by atoms with Crippen LogP contribution in [0.3, 0.4) is 0 Å². The topological polar surface area (TPSA) is 138 Å². The molecule has 0 saturated heterocycles. The molecule has 2 unspecified atom stereocenters. The number of nitrogens with two attached hydrogens (primary N) is 1. The highest BCUT2D eigenvalue weighted by atomic mass is 16.6. The molecule has 10 nitrogen and oxygen atoms in total. The lowest BCUT2D eigenvalue weighted by molar-refractivity contribution is -0.137.